The molecule has 0 fully saturated rings. The number of rotatable bonds is 4. The highest BCUT2D eigenvalue weighted by molar-refractivity contribution is 5.72. The maximum atomic E-state index is 13.2. The number of alkyl halides is 5. The molecular formula is C10H7F6NO3. The molecule has 0 saturated heterocycles. The Morgan fingerprint density at radius 3 is 2.45 bits per heavy atom. The molecule has 0 bridgehead atoms. The number of nitrogens with zero attached hydrogens (tertiary/aromatic N) is 1. The van der Waals surface area contributed by atoms with Gasteiger partial charge in [-0.25, -0.2) is 13.8 Å². The van der Waals surface area contributed by atoms with E-state index in [0.717, 1.165) is 7.11 Å². The molecule has 1 rings (SSSR count). The van der Waals surface area contributed by atoms with E-state index in [0.29, 0.717) is 6.07 Å². The number of hydrogen-bond donors (Lipinski definition) is 0. The summed E-state index contributed by atoms with van der Waals surface area (Å²) in [5.41, 5.74) is -1.77. The first-order valence-corrected chi connectivity index (χ1v) is 4.94. The molecule has 0 unspecified atom stereocenters. The quantitative estimate of drug-likeness (QED) is 0.487. The van der Waals surface area contributed by atoms with E-state index in [1.54, 1.807) is 0 Å². The van der Waals surface area contributed by atoms with E-state index >= 15 is 0 Å². The van der Waals surface area contributed by atoms with Gasteiger partial charge in [-0.2, -0.15) is 4.39 Å². The Morgan fingerprint density at radius 1 is 1.40 bits per heavy atom. The summed E-state index contributed by atoms with van der Waals surface area (Å²) in [5.74, 6) is -4.26. The van der Waals surface area contributed by atoms with Crippen molar-refractivity contribution in [3.8, 4) is 5.75 Å². The molecule has 0 aliphatic carbocycles. The fourth-order valence-electron chi connectivity index (χ4n) is 1.28. The number of ether oxygens (including phenoxy) is 2. The fourth-order valence-corrected chi connectivity index (χ4v) is 1.28. The molecule has 20 heavy (non-hydrogen) atoms. The van der Waals surface area contributed by atoms with Crippen LogP contribution in [0.15, 0.2) is 6.07 Å². The number of pyridine rings is 1. The summed E-state index contributed by atoms with van der Waals surface area (Å²) in [6.45, 7) is 0. The lowest BCUT2D eigenvalue weighted by molar-refractivity contribution is -0.275. The van der Waals surface area contributed by atoms with E-state index in [2.05, 4.69) is 14.5 Å². The topological polar surface area (TPSA) is 48.4 Å². The third kappa shape index (κ3) is 4.28. The Morgan fingerprint density at radius 2 is 2.00 bits per heavy atom. The summed E-state index contributed by atoms with van der Waals surface area (Å²) in [7, 11) is 0.953. The van der Waals surface area contributed by atoms with Crippen molar-refractivity contribution in [2.24, 2.45) is 0 Å². The lowest BCUT2D eigenvalue weighted by atomic mass is 10.1. The molecule has 10 heteroatoms. The van der Waals surface area contributed by atoms with Crippen LogP contribution in [0.4, 0.5) is 26.3 Å². The highest BCUT2D eigenvalue weighted by Crippen LogP contribution is 2.30. The van der Waals surface area contributed by atoms with Crippen molar-refractivity contribution >= 4 is 5.97 Å². The highest BCUT2D eigenvalue weighted by atomic mass is 19.4. The summed E-state index contributed by atoms with van der Waals surface area (Å²) < 4.78 is 81.8. The Labute approximate surface area is 108 Å². The van der Waals surface area contributed by atoms with E-state index in [1.807, 2.05) is 0 Å². The monoisotopic (exact) mass is 303 g/mol. The van der Waals surface area contributed by atoms with Crippen LogP contribution in [-0.4, -0.2) is 24.4 Å². The van der Waals surface area contributed by atoms with Crippen molar-refractivity contribution in [2.75, 3.05) is 7.11 Å². The minimum Gasteiger partial charge on any atom is -0.469 e. The minimum absolute atomic E-state index is 0.342. The predicted octanol–water partition coefficient (Wildman–Crippen LogP) is 2.77. The molecule has 0 radical (unpaired) electrons. The molecule has 1 aromatic rings. The summed E-state index contributed by atoms with van der Waals surface area (Å²) in [6, 6.07) is 0.342. The standard InChI is InChI=1S/C10H7F6NO3/c1-19-6(18)3-4-2-5(20-10(14,15)16)9(13)17-7(4)8(11)12/h2,8H,3H2,1H3. The van der Waals surface area contributed by atoms with Gasteiger partial charge in [-0.05, 0) is 11.6 Å². The molecule has 0 atom stereocenters. The molecule has 112 valence electrons. The average Bonchev–Trinajstić information content (AvgIpc) is 2.30. The Bertz CT molecular complexity index is 503. The number of carbonyl (C=O) groups excluding carboxylic acids is 1. The Balaban J connectivity index is 3.23. The van der Waals surface area contributed by atoms with Gasteiger partial charge in [0.15, 0.2) is 5.75 Å². The van der Waals surface area contributed by atoms with Gasteiger partial charge >= 0.3 is 12.3 Å². The van der Waals surface area contributed by atoms with Crippen molar-refractivity contribution in [1.29, 1.82) is 0 Å². The van der Waals surface area contributed by atoms with Crippen molar-refractivity contribution in [2.45, 2.75) is 19.2 Å². The average molecular weight is 303 g/mol. The second kappa shape index (κ2) is 5.97. The van der Waals surface area contributed by atoms with Gasteiger partial charge in [-0.3, -0.25) is 4.79 Å². The van der Waals surface area contributed by atoms with Gasteiger partial charge in [0.05, 0.1) is 13.5 Å². The van der Waals surface area contributed by atoms with Crippen molar-refractivity contribution in [1.82, 2.24) is 4.98 Å². The molecule has 4 nitrogen and oxygen atoms in total. The molecule has 0 saturated carbocycles. The van der Waals surface area contributed by atoms with Gasteiger partial charge in [0, 0.05) is 0 Å². The number of hydrogen-bond acceptors (Lipinski definition) is 4. The number of carbonyl (C=O) groups is 1. The summed E-state index contributed by atoms with van der Waals surface area (Å²) in [5, 5.41) is 0. The summed E-state index contributed by atoms with van der Waals surface area (Å²) in [4.78, 5) is 13.7. The zero-order valence-electron chi connectivity index (χ0n) is 9.80. The van der Waals surface area contributed by atoms with Crippen LogP contribution in [0.1, 0.15) is 17.7 Å². The Kier molecular flexibility index (Phi) is 4.79. The minimum atomic E-state index is -5.22. The third-order valence-electron chi connectivity index (χ3n) is 2.05. The lowest BCUT2D eigenvalue weighted by Crippen LogP contribution is -2.19. The van der Waals surface area contributed by atoms with E-state index in [-0.39, 0.29) is 0 Å². The smallest absolute Gasteiger partial charge is 0.469 e. The molecule has 1 heterocycles. The first-order chi connectivity index (χ1) is 9.14. The number of esters is 1. The van der Waals surface area contributed by atoms with Crippen LogP contribution in [0.25, 0.3) is 0 Å². The van der Waals surface area contributed by atoms with Crippen LogP contribution in [0, 0.1) is 5.95 Å². The zero-order valence-corrected chi connectivity index (χ0v) is 9.80. The van der Waals surface area contributed by atoms with Crippen LogP contribution in [-0.2, 0) is 16.0 Å². The van der Waals surface area contributed by atoms with Crippen molar-refractivity contribution in [3.05, 3.63) is 23.3 Å². The van der Waals surface area contributed by atoms with Crippen LogP contribution >= 0.6 is 0 Å². The molecule has 0 amide bonds. The third-order valence-corrected chi connectivity index (χ3v) is 2.05. The number of aromatic nitrogens is 1. The van der Waals surface area contributed by atoms with Gasteiger partial charge < -0.3 is 9.47 Å². The molecule has 0 aliphatic heterocycles. The van der Waals surface area contributed by atoms with Crippen LogP contribution in [0.3, 0.4) is 0 Å². The van der Waals surface area contributed by atoms with Crippen molar-refractivity contribution < 1.29 is 40.6 Å². The summed E-state index contributed by atoms with van der Waals surface area (Å²) in [6.07, 6.45) is -9.29. The predicted molar refractivity (Wildman–Crippen MR) is 51.6 cm³/mol. The fraction of sp³-hybridized carbons (Fsp3) is 0.400. The van der Waals surface area contributed by atoms with Crippen LogP contribution in [0.5, 0.6) is 5.75 Å². The highest BCUT2D eigenvalue weighted by Gasteiger charge is 2.34. The van der Waals surface area contributed by atoms with E-state index in [9.17, 15) is 31.1 Å². The second-order valence-corrected chi connectivity index (χ2v) is 3.42. The van der Waals surface area contributed by atoms with E-state index in [4.69, 9.17) is 0 Å². The second-order valence-electron chi connectivity index (χ2n) is 3.42. The maximum absolute atomic E-state index is 13.2. The Hall–Kier alpha value is -2.00. The van der Waals surface area contributed by atoms with E-state index in [1.165, 1.54) is 0 Å². The van der Waals surface area contributed by atoms with Crippen LogP contribution in [0.2, 0.25) is 0 Å². The lowest BCUT2D eigenvalue weighted by Gasteiger charge is -2.13. The van der Waals surface area contributed by atoms with Gasteiger partial charge in [-0.15, -0.1) is 13.2 Å². The molecular weight excluding hydrogens is 296 g/mol. The number of methoxy groups -OCH3 is 1. The zero-order chi connectivity index (χ0) is 15.5. The largest absolute Gasteiger partial charge is 0.573 e. The maximum Gasteiger partial charge on any atom is 0.573 e. The number of halogens is 6. The SMILES string of the molecule is COC(=O)Cc1cc(OC(F)(F)F)c(F)nc1C(F)F. The van der Waals surface area contributed by atoms with E-state index < -0.39 is 48.1 Å². The molecule has 1 aromatic heterocycles. The molecule has 0 aromatic carbocycles. The summed E-state index contributed by atoms with van der Waals surface area (Å²) >= 11 is 0. The molecule has 0 aliphatic rings. The first-order valence-electron chi connectivity index (χ1n) is 4.94. The van der Waals surface area contributed by atoms with Gasteiger partial charge in [0.1, 0.15) is 5.69 Å². The molecule has 0 N–H and O–H groups in total. The first kappa shape index (κ1) is 16.1. The van der Waals surface area contributed by atoms with Crippen LogP contribution < -0.4 is 4.74 Å². The van der Waals surface area contributed by atoms with Gasteiger partial charge in [0.25, 0.3) is 12.4 Å². The normalized spacial score (nSPS) is 11.6. The molecule has 0 spiro atoms. The van der Waals surface area contributed by atoms with Gasteiger partial charge in [-0.1, -0.05) is 0 Å². The van der Waals surface area contributed by atoms with Gasteiger partial charge in [0.2, 0.25) is 0 Å². The van der Waals surface area contributed by atoms with Crippen molar-refractivity contribution in [3.63, 3.8) is 0 Å².